The minimum Gasteiger partial charge on any atom is -0.383 e. The third-order valence-corrected chi connectivity index (χ3v) is 2.23. The lowest BCUT2D eigenvalue weighted by Gasteiger charge is -2.25. The van der Waals surface area contributed by atoms with Gasteiger partial charge in [-0.15, -0.1) is 11.6 Å². The number of carbonyl (C=O) groups excluding carboxylic acids is 2. The number of carbonyl (C=O) groups is 2. The van der Waals surface area contributed by atoms with E-state index >= 15 is 0 Å². The van der Waals surface area contributed by atoms with E-state index in [0.29, 0.717) is 4.90 Å². The van der Waals surface area contributed by atoms with Gasteiger partial charge in [-0.05, 0) is 0 Å². The van der Waals surface area contributed by atoms with Gasteiger partial charge in [-0.25, -0.2) is 8.78 Å². The number of alkyl halides is 5. The predicted molar refractivity (Wildman–Crippen MR) is 55.1 cm³/mol. The van der Waals surface area contributed by atoms with Crippen molar-refractivity contribution in [1.29, 1.82) is 0 Å². The second-order valence-electron chi connectivity index (χ2n) is 3.32. The number of amides is 1. The summed E-state index contributed by atoms with van der Waals surface area (Å²) >= 11 is 5.16. The highest BCUT2D eigenvalue weighted by molar-refractivity contribution is 6.28. The molecule has 0 aromatic carbocycles. The molecule has 1 amide bonds. The van der Waals surface area contributed by atoms with Gasteiger partial charge in [0.2, 0.25) is 0 Å². The molecular weight excluding hydrogens is 282 g/mol. The fourth-order valence-corrected chi connectivity index (χ4v) is 1.10. The number of nitrogens with zero attached hydrogens (tertiary/aromatic N) is 1. The van der Waals surface area contributed by atoms with Gasteiger partial charge in [-0.1, -0.05) is 0 Å². The van der Waals surface area contributed by atoms with Crippen LogP contribution in [0, 0.1) is 0 Å². The molecule has 0 fully saturated rings. The molecule has 0 rings (SSSR count). The van der Waals surface area contributed by atoms with Crippen LogP contribution in [0.4, 0.5) is 17.6 Å². The molecule has 0 atom stereocenters. The van der Waals surface area contributed by atoms with Gasteiger partial charge in [0.25, 0.3) is 5.91 Å². The van der Waals surface area contributed by atoms with Crippen molar-refractivity contribution < 1.29 is 31.9 Å². The summed E-state index contributed by atoms with van der Waals surface area (Å²) in [6, 6.07) is 0. The van der Waals surface area contributed by atoms with Crippen LogP contribution in [0.5, 0.6) is 0 Å². The van der Waals surface area contributed by atoms with Crippen LogP contribution >= 0.6 is 11.6 Å². The molecule has 0 heterocycles. The quantitative estimate of drug-likeness (QED) is 0.498. The topological polar surface area (TPSA) is 46.6 Å². The maximum absolute atomic E-state index is 12.8. The summed E-state index contributed by atoms with van der Waals surface area (Å²) in [6.07, 6.45) is -4.14. The zero-order valence-corrected chi connectivity index (χ0v) is 10.2. The Morgan fingerprint density at radius 1 is 1.39 bits per heavy atom. The Morgan fingerprint density at radius 2 is 1.94 bits per heavy atom. The summed E-state index contributed by atoms with van der Waals surface area (Å²) in [6.45, 7) is -1.32. The van der Waals surface area contributed by atoms with Crippen LogP contribution in [0.25, 0.3) is 0 Å². The van der Waals surface area contributed by atoms with Gasteiger partial charge in [0.15, 0.2) is 5.78 Å². The Kier molecular flexibility index (Phi) is 7.15. The highest BCUT2D eigenvalue weighted by Gasteiger charge is 2.51. The number of Topliss-reactive ketones (excluding diaryl/α,β-unsaturated/α-hetero) is 1. The minimum absolute atomic E-state index is 0.166. The zero-order chi connectivity index (χ0) is 14.3. The first kappa shape index (κ1) is 17.1. The van der Waals surface area contributed by atoms with Gasteiger partial charge in [0.1, 0.15) is 0 Å². The zero-order valence-electron chi connectivity index (χ0n) is 9.47. The number of rotatable bonds is 8. The molecule has 0 spiro atoms. The van der Waals surface area contributed by atoms with Crippen molar-refractivity contribution in [1.82, 2.24) is 4.90 Å². The molecule has 0 aliphatic rings. The van der Waals surface area contributed by atoms with E-state index in [2.05, 4.69) is 4.74 Å². The van der Waals surface area contributed by atoms with Crippen LogP contribution in [0.3, 0.4) is 0 Å². The molecule has 0 radical (unpaired) electrons. The highest BCUT2D eigenvalue weighted by Crippen LogP contribution is 2.25. The molecule has 0 saturated heterocycles. The number of halogens is 5. The molecule has 0 aliphatic heterocycles. The van der Waals surface area contributed by atoms with E-state index in [9.17, 15) is 27.2 Å². The minimum atomic E-state index is -4.83. The molecule has 0 aromatic heterocycles. The molecule has 106 valence electrons. The standard InChI is InChI=1S/C9H12ClF4NO3/c1-18-3-2-15(5-6(16)4-10)8(17)9(13,14)7(11)12/h7H,2-5H2,1H3. The van der Waals surface area contributed by atoms with E-state index in [4.69, 9.17) is 11.6 Å². The molecule has 0 bridgehead atoms. The van der Waals surface area contributed by atoms with Crippen molar-refractivity contribution in [2.45, 2.75) is 12.3 Å². The van der Waals surface area contributed by atoms with E-state index in [1.807, 2.05) is 0 Å². The maximum atomic E-state index is 12.8. The van der Waals surface area contributed by atoms with Gasteiger partial charge < -0.3 is 9.64 Å². The van der Waals surface area contributed by atoms with Crippen molar-refractivity contribution in [3.63, 3.8) is 0 Å². The van der Waals surface area contributed by atoms with Gasteiger partial charge >= 0.3 is 12.3 Å². The third-order valence-electron chi connectivity index (χ3n) is 1.93. The first-order valence-electron chi connectivity index (χ1n) is 4.79. The SMILES string of the molecule is COCCN(CC(=O)CCl)C(=O)C(F)(F)C(F)F. The number of ketones is 1. The Bertz CT molecular complexity index is 302. The molecule has 18 heavy (non-hydrogen) atoms. The van der Waals surface area contributed by atoms with Gasteiger partial charge in [-0.3, -0.25) is 9.59 Å². The smallest absolute Gasteiger partial charge is 0.383 e. The molecule has 0 unspecified atom stereocenters. The second-order valence-corrected chi connectivity index (χ2v) is 3.58. The summed E-state index contributed by atoms with van der Waals surface area (Å²) in [4.78, 5) is 22.5. The number of ether oxygens (including phenoxy) is 1. The molecule has 0 N–H and O–H groups in total. The van der Waals surface area contributed by atoms with Crippen molar-refractivity contribution in [2.24, 2.45) is 0 Å². The maximum Gasteiger partial charge on any atom is 0.383 e. The molecule has 0 aromatic rings. The van der Waals surface area contributed by atoms with Crippen LogP contribution in [0.1, 0.15) is 0 Å². The molecule has 0 aliphatic carbocycles. The molecule has 0 saturated carbocycles. The van der Waals surface area contributed by atoms with E-state index in [-0.39, 0.29) is 6.61 Å². The average molecular weight is 294 g/mol. The van der Waals surface area contributed by atoms with Crippen LogP contribution < -0.4 is 0 Å². The predicted octanol–water partition coefficient (Wildman–Crippen LogP) is 1.17. The van der Waals surface area contributed by atoms with Crippen molar-refractivity contribution in [2.75, 3.05) is 32.7 Å². The Balaban J connectivity index is 4.83. The summed E-state index contributed by atoms with van der Waals surface area (Å²) in [5, 5.41) is 0. The third kappa shape index (κ3) is 4.77. The summed E-state index contributed by atoms with van der Waals surface area (Å²) in [5.74, 6) is -8.18. The van der Waals surface area contributed by atoms with Gasteiger partial charge in [-0.2, -0.15) is 8.78 Å². The molecule has 4 nitrogen and oxygen atoms in total. The highest BCUT2D eigenvalue weighted by atomic mass is 35.5. The first-order valence-corrected chi connectivity index (χ1v) is 5.32. The summed E-state index contributed by atoms with van der Waals surface area (Å²) < 4.78 is 54.3. The lowest BCUT2D eigenvalue weighted by atomic mass is 10.2. The first-order chi connectivity index (χ1) is 8.27. The molecule has 9 heteroatoms. The molecular formula is C9H12ClF4NO3. The normalized spacial score (nSPS) is 11.7. The van der Waals surface area contributed by atoms with Crippen LogP contribution in [-0.2, 0) is 14.3 Å². The lowest BCUT2D eigenvalue weighted by Crippen LogP contribution is -2.50. The number of methoxy groups -OCH3 is 1. The fourth-order valence-electron chi connectivity index (χ4n) is 1.01. The van der Waals surface area contributed by atoms with Crippen molar-refractivity contribution >= 4 is 23.3 Å². The number of hydrogen-bond acceptors (Lipinski definition) is 3. The largest absolute Gasteiger partial charge is 0.383 e. The lowest BCUT2D eigenvalue weighted by molar-refractivity contribution is -0.181. The van der Waals surface area contributed by atoms with Crippen LogP contribution in [0.15, 0.2) is 0 Å². The van der Waals surface area contributed by atoms with E-state index in [1.54, 1.807) is 0 Å². The summed E-state index contributed by atoms with van der Waals surface area (Å²) in [7, 11) is 1.23. The Morgan fingerprint density at radius 3 is 2.33 bits per heavy atom. The second kappa shape index (κ2) is 7.52. The fraction of sp³-hybridized carbons (Fsp3) is 0.778. The number of hydrogen-bond donors (Lipinski definition) is 0. The van der Waals surface area contributed by atoms with E-state index < -0.39 is 43.0 Å². The van der Waals surface area contributed by atoms with Gasteiger partial charge in [0, 0.05) is 13.7 Å². The Labute approximate surface area is 106 Å². The van der Waals surface area contributed by atoms with Gasteiger partial charge in [0.05, 0.1) is 19.0 Å². The average Bonchev–Trinajstić information content (AvgIpc) is 2.32. The Hall–Kier alpha value is -0.890. The van der Waals surface area contributed by atoms with E-state index in [1.165, 1.54) is 7.11 Å². The van der Waals surface area contributed by atoms with Crippen molar-refractivity contribution in [3.05, 3.63) is 0 Å². The van der Waals surface area contributed by atoms with Crippen LogP contribution in [0.2, 0.25) is 0 Å². The van der Waals surface area contributed by atoms with Crippen LogP contribution in [-0.4, -0.2) is 61.6 Å². The van der Waals surface area contributed by atoms with E-state index in [0.717, 1.165) is 0 Å². The monoisotopic (exact) mass is 293 g/mol. The summed E-state index contributed by atoms with van der Waals surface area (Å²) in [5.41, 5.74) is 0. The van der Waals surface area contributed by atoms with Crippen molar-refractivity contribution in [3.8, 4) is 0 Å².